The number of hydrogen-bond donors (Lipinski definition) is 4. The smallest absolute Gasteiger partial charge is 0.315 e. The minimum atomic E-state index is -3.59. The molecule has 0 bridgehead atoms. The van der Waals surface area contributed by atoms with Gasteiger partial charge in [-0.15, -0.1) is 0 Å². The van der Waals surface area contributed by atoms with Crippen LogP contribution in [0.4, 0.5) is 4.79 Å². The van der Waals surface area contributed by atoms with E-state index in [2.05, 4.69) is 35.1 Å². The lowest BCUT2D eigenvalue weighted by molar-refractivity contribution is -0.154. The molecule has 0 aromatic carbocycles. The number of ketones is 1. The minimum absolute atomic E-state index is 0.0303. The van der Waals surface area contributed by atoms with Crippen molar-refractivity contribution >= 4 is 45.3 Å². The third kappa shape index (κ3) is 10.7. The molecule has 5 amide bonds. The van der Waals surface area contributed by atoms with Crippen LogP contribution < -0.4 is 21.3 Å². The van der Waals surface area contributed by atoms with E-state index in [9.17, 15) is 32.4 Å². The second-order valence-electron chi connectivity index (χ2n) is 21.0. The summed E-state index contributed by atoms with van der Waals surface area (Å²) in [5.41, 5.74) is -2.51. The Morgan fingerprint density at radius 2 is 1.41 bits per heavy atom. The standard InChI is InChI=1S/C43H71N5O9S/c1-39(2,3)57-30(49)18-23-44-36(52)33(50)29(24-27-16-17-27)45-35(51)32-31-28(41(31,7)8)25-48(32)37(53)34(42(9)19-12-10-13-20-42)46-38(54)47-43(21-14-11-15-22-43)26-58(55,56)40(4,5)6/h27-29,31-32,34H,10-26H2,1-9H3,(H,44,52)(H,45,51)(H2,46,47,54)/t28-,29?,31-,32-,34+/m0/s1. The predicted octanol–water partition coefficient (Wildman–Crippen LogP) is 4.73. The Morgan fingerprint density at radius 1 is 0.828 bits per heavy atom. The van der Waals surface area contributed by atoms with Gasteiger partial charge in [0.15, 0.2) is 9.84 Å². The minimum Gasteiger partial charge on any atom is -0.460 e. The summed E-state index contributed by atoms with van der Waals surface area (Å²) in [5, 5.41) is 11.5. The lowest BCUT2D eigenvalue weighted by atomic mass is 9.70. The van der Waals surface area contributed by atoms with Gasteiger partial charge in [0.1, 0.15) is 17.7 Å². The Morgan fingerprint density at radius 3 is 1.97 bits per heavy atom. The summed E-state index contributed by atoms with van der Waals surface area (Å²) in [7, 11) is -3.59. The van der Waals surface area contributed by atoms with E-state index in [1.807, 2.05) is 6.92 Å². The number of nitrogens with one attached hydrogen (secondary N) is 4. The highest BCUT2D eigenvalue weighted by atomic mass is 32.2. The number of nitrogens with zero attached hydrogens (tertiary/aromatic N) is 1. The van der Waals surface area contributed by atoms with Gasteiger partial charge in [0, 0.05) is 13.1 Å². The number of urea groups is 1. The van der Waals surface area contributed by atoms with Crippen LogP contribution in [-0.2, 0) is 38.5 Å². The number of sulfone groups is 1. The molecule has 5 aliphatic rings. The molecule has 5 atom stereocenters. The van der Waals surface area contributed by atoms with Gasteiger partial charge in [0.2, 0.25) is 17.6 Å². The van der Waals surface area contributed by atoms with Gasteiger partial charge in [0.05, 0.1) is 28.5 Å². The number of carbonyl (C=O) groups is 6. The van der Waals surface area contributed by atoms with Crippen LogP contribution in [-0.4, -0.2) is 102 Å². The molecule has 4 saturated carbocycles. The monoisotopic (exact) mass is 833 g/mol. The topological polar surface area (TPSA) is 197 Å². The lowest BCUT2D eigenvalue weighted by Crippen LogP contribution is -2.65. The number of Topliss-reactive ketones (excluding diaryl/α,β-unsaturated/α-hetero) is 1. The van der Waals surface area contributed by atoms with E-state index in [4.69, 9.17) is 4.74 Å². The van der Waals surface area contributed by atoms with Gasteiger partial charge in [-0.3, -0.25) is 24.0 Å². The highest BCUT2D eigenvalue weighted by Gasteiger charge is 2.70. The van der Waals surface area contributed by atoms with Gasteiger partial charge in [-0.05, 0) is 102 Å². The van der Waals surface area contributed by atoms with Crippen LogP contribution in [0.5, 0.6) is 0 Å². The first kappa shape index (κ1) is 45.8. The van der Waals surface area contributed by atoms with Crippen molar-refractivity contribution in [3.8, 4) is 0 Å². The van der Waals surface area contributed by atoms with E-state index < -0.39 is 78.9 Å². The quantitative estimate of drug-likeness (QED) is 0.133. The molecule has 5 rings (SSSR count). The van der Waals surface area contributed by atoms with Gasteiger partial charge in [-0.2, -0.15) is 0 Å². The number of fused-ring (bicyclic) bond motifs is 1. The normalized spacial score (nSPS) is 25.9. The van der Waals surface area contributed by atoms with Crippen LogP contribution in [0, 0.1) is 28.6 Å². The summed E-state index contributed by atoms with van der Waals surface area (Å²) < 4.78 is 31.3. The maximum absolute atomic E-state index is 15.0. The average Bonchev–Trinajstić information content (AvgIpc) is 3.96. The van der Waals surface area contributed by atoms with Crippen molar-refractivity contribution in [2.75, 3.05) is 18.8 Å². The molecule has 5 fully saturated rings. The molecule has 328 valence electrons. The van der Waals surface area contributed by atoms with Crippen LogP contribution in [0.3, 0.4) is 0 Å². The number of ether oxygens (including phenoxy) is 1. The van der Waals surface area contributed by atoms with E-state index >= 15 is 4.79 Å². The number of esters is 1. The molecule has 0 spiro atoms. The third-order valence-electron chi connectivity index (χ3n) is 13.7. The summed E-state index contributed by atoms with van der Waals surface area (Å²) in [6.45, 7) is 16.6. The van der Waals surface area contributed by atoms with Crippen molar-refractivity contribution in [1.82, 2.24) is 26.2 Å². The summed E-state index contributed by atoms with van der Waals surface area (Å²) in [5.74, 6) is -3.25. The van der Waals surface area contributed by atoms with E-state index in [-0.39, 0.29) is 54.2 Å². The van der Waals surface area contributed by atoms with Gasteiger partial charge < -0.3 is 30.9 Å². The van der Waals surface area contributed by atoms with Crippen LogP contribution in [0.15, 0.2) is 0 Å². The fourth-order valence-corrected chi connectivity index (χ4v) is 11.3. The van der Waals surface area contributed by atoms with Gasteiger partial charge in [-0.25, -0.2) is 13.2 Å². The van der Waals surface area contributed by atoms with Crippen molar-refractivity contribution in [3.05, 3.63) is 0 Å². The van der Waals surface area contributed by atoms with E-state index in [1.165, 1.54) is 0 Å². The highest BCUT2D eigenvalue weighted by molar-refractivity contribution is 7.92. The second-order valence-corrected chi connectivity index (χ2v) is 23.8. The molecule has 0 radical (unpaired) electrons. The maximum Gasteiger partial charge on any atom is 0.315 e. The predicted molar refractivity (Wildman–Crippen MR) is 220 cm³/mol. The van der Waals surface area contributed by atoms with Crippen molar-refractivity contribution < 1.29 is 41.9 Å². The van der Waals surface area contributed by atoms with Crippen LogP contribution in [0.1, 0.15) is 152 Å². The molecular formula is C43H71N5O9S. The number of hydrogen-bond acceptors (Lipinski definition) is 9. The van der Waals surface area contributed by atoms with Crippen molar-refractivity contribution in [2.24, 2.45) is 28.6 Å². The number of rotatable bonds is 15. The molecule has 0 aromatic heterocycles. The Hall–Kier alpha value is -3.23. The van der Waals surface area contributed by atoms with Crippen LogP contribution >= 0.6 is 0 Å². The van der Waals surface area contributed by atoms with Gasteiger partial charge in [-0.1, -0.05) is 72.1 Å². The highest BCUT2D eigenvalue weighted by Crippen LogP contribution is 2.65. The first-order valence-corrected chi connectivity index (χ1v) is 23.4. The Kier molecular flexibility index (Phi) is 13.5. The molecule has 1 saturated heterocycles. The fraction of sp³-hybridized carbons (Fsp3) is 0.860. The molecular weight excluding hydrogens is 763 g/mol. The number of likely N-dealkylation sites (tertiary alicyclic amines) is 1. The van der Waals surface area contributed by atoms with Crippen molar-refractivity contribution in [3.63, 3.8) is 0 Å². The molecule has 0 aromatic rings. The summed E-state index contributed by atoms with van der Waals surface area (Å²) >= 11 is 0. The van der Waals surface area contributed by atoms with E-state index in [1.54, 1.807) is 46.4 Å². The average molecular weight is 834 g/mol. The van der Waals surface area contributed by atoms with Crippen LogP contribution in [0.25, 0.3) is 0 Å². The van der Waals surface area contributed by atoms with Crippen LogP contribution in [0.2, 0.25) is 0 Å². The second kappa shape index (κ2) is 17.0. The Bertz CT molecular complexity index is 1700. The van der Waals surface area contributed by atoms with Crippen molar-refractivity contribution in [1.29, 1.82) is 0 Å². The summed E-state index contributed by atoms with van der Waals surface area (Å²) in [6.07, 6.45) is 9.62. The van der Waals surface area contributed by atoms with Crippen molar-refractivity contribution in [2.45, 2.75) is 186 Å². The molecule has 14 nitrogen and oxygen atoms in total. The number of amides is 5. The summed E-state index contributed by atoms with van der Waals surface area (Å²) in [6, 6.07) is -3.60. The zero-order valence-corrected chi connectivity index (χ0v) is 37.3. The zero-order valence-electron chi connectivity index (χ0n) is 36.5. The van der Waals surface area contributed by atoms with Gasteiger partial charge in [0.25, 0.3) is 5.91 Å². The fourth-order valence-electron chi connectivity index (χ4n) is 9.77. The first-order chi connectivity index (χ1) is 26.8. The zero-order chi connectivity index (χ0) is 43.1. The SMILES string of the molecule is CC(C)(C)OC(=O)CCNC(=O)C(=O)C(CC1CC1)NC(=O)[C@@H]1[C@@H]2[C@H](CN1C(=O)[C@@H](NC(=O)NC1(CS(=O)(=O)C(C)(C)C)CCCCC1)C1(C)CCCCC1)C2(C)C. The molecule has 1 heterocycles. The van der Waals surface area contributed by atoms with E-state index in [0.717, 1.165) is 51.4 Å². The molecule has 1 unspecified atom stereocenters. The molecule has 4 aliphatic carbocycles. The Labute approximate surface area is 346 Å². The Balaban J connectivity index is 1.35. The maximum atomic E-state index is 15.0. The van der Waals surface area contributed by atoms with E-state index in [0.29, 0.717) is 32.2 Å². The number of piperidine rings is 1. The van der Waals surface area contributed by atoms with Gasteiger partial charge >= 0.3 is 12.0 Å². The number of carbonyl (C=O) groups excluding carboxylic acids is 6. The molecule has 15 heteroatoms. The molecule has 58 heavy (non-hydrogen) atoms. The summed E-state index contributed by atoms with van der Waals surface area (Å²) in [4.78, 5) is 84.1. The first-order valence-electron chi connectivity index (χ1n) is 21.7. The largest absolute Gasteiger partial charge is 0.460 e. The third-order valence-corrected chi connectivity index (χ3v) is 16.5. The molecule has 1 aliphatic heterocycles. The lowest BCUT2D eigenvalue weighted by Gasteiger charge is -2.44. The molecule has 4 N–H and O–H groups in total.